The van der Waals surface area contributed by atoms with Crippen LogP contribution in [0.3, 0.4) is 0 Å². The maximum atomic E-state index is 13.2. The van der Waals surface area contributed by atoms with Crippen molar-refractivity contribution in [3.05, 3.63) is 60.3 Å². The van der Waals surface area contributed by atoms with E-state index in [1.165, 1.54) is 28.9 Å². The third-order valence-corrected chi connectivity index (χ3v) is 5.44. The highest BCUT2D eigenvalue weighted by atomic mass is 32.2. The summed E-state index contributed by atoms with van der Waals surface area (Å²) in [5.74, 6) is 0. The summed E-state index contributed by atoms with van der Waals surface area (Å²) in [6.45, 7) is 0. The van der Waals surface area contributed by atoms with Crippen molar-refractivity contribution in [1.29, 1.82) is 0 Å². The van der Waals surface area contributed by atoms with Crippen LogP contribution in [0.2, 0.25) is 0 Å². The van der Waals surface area contributed by atoms with Gasteiger partial charge in [0.2, 0.25) is 10.0 Å². The van der Waals surface area contributed by atoms with E-state index in [2.05, 4.69) is 5.10 Å². The fraction of sp³-hybridized carbons (Fsp3) is 0.118. The van der Waals surface area contributed by atoms with Gasteiger partial charge in [-0.3, -0.25) is 0 Å². The number of aromatic nitrogens is 2. The molecule has 0 radical (unpaired) electrons. The molecule has 0 fully saturated rings. The molecule has 0 aliphatic rings. The molecule has 0 bridgehead atoms. The number of primary sulfonamides is 1. The standard InChI is InChI=1S/C17H15F2N3O2S2/c1-25-12-8-6-11(7-9-12)15-10-13(17(18)19)21-22(15)14-4-2-3-5-16(14)26(20,23)24/h2-10,17H,1H3,(H2,20,23,24). The van der Waals surface area contributed by atoms with Gasteiger partial charge >= 0.3 is 0 Å². The number of hydrogen-bond acceptors (Lipinski definition) is 4. The normalized spacial score (nSPS) is 11.9. The lowest BCUT2D eigenvalue weighted by atomic mass is 10.1. The van der Waals surface area contributed by atoms with E-state index < -0.39 is 22.1 Å². The van der Waals surface area contributed by atoms with Crippen molar-refractivity contribution < 1.29 is 17.2 Å². The molecule has 1 aromatic heterocycles. The van der Waals surface area contributed by atoms with Gasteiger partial charge in [-0.2, -0.15) is 5.10 Å². The van der Waals surface area contributed by atoms with Crippen LogP contribution >= 0.6 is 11.8 Å². The van der Waals surface area contributed by atoms with E-state index in [4.69, 9.17) is 5.14 Å². The lowest BCUT2D eigenvalue weighted by Crippen LogP contribution is -2.16. The van der Waals surface area contributed by atoms with Crippen molar-refractivity contribution in [2.75, 3.05) is 6.26 Å². The Balaban J connectivity index is 2.25. The summed E-state index contributed by atoms with van der Waals surface area (Å²) in [5.41, 5.74) is 0.652. The van der Waals surface area contributed by atoms with Crippen LogP contribution in [0.5, 0.6) is 0 Å². The molecular formula is C17H15F2N3O2S2. The first-order valence-electron chi connectivity index (χ1n) is 7.46. The van der Waals surface area contributed by atoms with Crippen molar-refractivity contribution in [2.24, 2.45) is 5.14 Å². The van der Waals surface area contributed by atoms with E-state index >= 15 is 0 Å². The van der Waals surface area contributed by atoms with Crippen molar-refractivity contribution in [3.63, 3.8) is 0 Å². The molecule has 0 saturated carbocycles. The molecule has 3 rings (SSSR count). The van der Waals surface area contributed by atoms with Crippen LogP contribution in [0.4, 0.5) is 8.78 Å². The molecule has 0 aliphatic carbocycles. The summed E-state index contributed by atoms with van der Waals surface area (Å²) in [5, 5.41) is 9.18. The van der Waals surface area contributed by atoms with Crippen LogP contribution in [-0.4, -0.2) is 24.5 Å². The highest BCUT2D eigenvalue weighted by molar-refractivity contribution is 7.98. The Morgan fingerprint density at radius 1 is 1.12 bits per heavy atom. The second kappa shape index (κ2) is 7.18. The minimum absolute atomic E-state index is 0.117. The van der Waals surface area contributed by atoms with Gasteiger partial charge in [-0.05, 0) is 36.6 Å². The number of para-hydroxylation sites is 1. The average Bonchev–Trinajstić information content (AvgIpc) is 3.06. The number of thioether (sulfide) groups is 1. The quantitative estimate of drug-likeness (QED) is 0.666. The average molecular weight is 395 g/mol. The number of nitrogens with two attached hydrogens (primary N) is 1. The van der Waals surface area contributed by atoms with Gasteiger partial charge in [-0.15, -0.1) is 11.8 Å². The molecule has 0 amide bonds. The zero-order valence-electron chi connectivity index (χ0n) is 13.6. The van der Waals surface area contributed by atoms with E-state index in [0.29, 0.717) is 11.3 Å². The number of nitrogens with zero attached hydrogens (tertiary/aromatic N) is 2. The Kier molecular flexibility index (Phi) is 5.12. The summed E-state index contributed by atoms with van der Waals surface area (Å²) in [7, 11) is -4.05. The summed E-state index contributed by atoms with van der Waals surface area (Å²) >= 11 is 1.55. The van der Waals surface area contributed by atoms with Crippen LogP contribution in [0.1, 0.15) is 12.1 Å². The topological polar surface area (TPSA) is 78.0 Å². The summed E-state index contributed by atoms with van der Waals surface area (Å²) in [6, 6.07) is 14.4. The van der Waals surface area contributed by atoms with E-state index in [0.717, 1.165) is 4.90 Å². The molecule has 0 aliphatic heterocycles. The fourth-order valence-corrected chi connectivity index (χ4v) is 3.65. The number of benzene rings is 2. The number of alkyl halides is 2. The van der Waals surface area contributed by atoms with Crippen molar-refractivity contribution in [2.45, 2.75) is 16.2 Å². The van der Waals surface area contributed by atoms with Crippen molar-refractivity contribution in [3.8, 4) is 16.9 Å². The molecule has 26 heavy (non-hydrogen) atoms. The van der Waals surface area contributed by atoms with E-state index in [1.807, 2.05) is 18.4 Å². The maximum Gasteiger partial charge on any atom is 0.282 e. The first kappa shape index (κ1) is 18.6. The largest absolute Gasteiger partial charge is 0.282 e. The number of sulfonamides is 1. The molecule has 9 heteroatoms. The summed E-state index contributed by atoms with van der Waals surface area (Å²) < 4.78 is 51.4. The van der Waals surface area contributed by atoms with E-state index in [-0.39, 0.29) is 10.6 Å². The Hall–Kier alpha value is -2.23. The van der Waals surface area contributed by atoms with Crippen molar-refractivity contribution >= 4 is 21.8 Å². The Morgan fingerprint density at radius 2 is 1.77 bits per heavy atom. The van der Waals surface area contributed by atoms with Gasteiger partial charge in [-0.1, -0.05) is 24.3 Å². The second-order valence-corrected chi connectivity index (χ2v) is 7.82. The van der Waals surface area contributed by atoms with Gasteiger partial charge in [0, 0.05) is 10.5 Å². The second-order valence-electron chi connectivity index (χ2n) is 5.41. The van der Waals surface area contributed by atoms with Gasteiger partial charge in [-0.25, -0.2) is 27.0 Å². The molecule has 5 nitrogen and oxygen atoms in total. The predicted molar refractivity (Wildman–Crippen MR) is 97.1 cm³/mol. The zero-order chi connectivity index (χ0) is 18.9. The fourth-order valence-electron chi connectivity index (χ4n) is 2.53. The van der Waals surface area contributed by atoms with Gasteiger partial charge in [0.05, 0.1) is 11.4 Å². The maximum absolute atomic E-state index is 13.2. The lowest BCUT2D eigenvalue weighted by Gasteiger charge is -2.11. The lowest BCUT2D eigenvalue weighted by molar-refractivity contribution is 0.145. The predicted octanol–water partition coefficient (Wildman–Crippen LogP) is 3.85. The molecule has 2 N–H and O–H groups in total. The Labute approximate surface area is 153 Å². The molecular weight excluding hydrogens is 380 g/mol. The molecule has 3 aromatic rings. The van der Waals surface area contributed by atoms with Crippen LogP contribution in [0.15, 0.2) is 64.4 Å². The van der Waals surface area contributed by atoms with Crippen LogP contribution in [-0.2, 0) is 10.0 Å². The first-order valence-corrected chi connectivity index (χ1v) is 10.2. The van der Waals surface area contributed by atoms with Crippen LogP contribution < -0.4 is 5.14 Å². The molecule has 0 saturated heterocycles. The first-order chi connectivity index (χ1) is 12.3. The van der Waals surface area contributed by atoms with Crippen molar-refractivity contribution in [1.82, 2.24) is 9.78 Å². The van der Waals surface area contributed by atoms with Gasteiger partial charge < -0.3 is 0 Å². The molecule has 0 atom stereocenters. The molecule has 136 valence electrons. The van der Waals surface area contributed by atoms with Crippen LogP contribution in [0, 0.1) is 0 Å². The summed E-state index contributed by atoms with van der Waals surface area (Å²) in [6.07, 6.45) is -0.863. The van der Waals surface area contributed by atoms with Gasteiger partial charge in [0.15, 0.2) is 0 Å². The minimum atomic E-state index is -4.05. The number of rotatable bonds is 5. The molecule has 2 aromatic carbocycles. The minimum Gasteiger partial charge on any atom is -0.231 e. The highest BCUT2D eigenvalue weighted by Gasteiger charge is 2.22. The third kappa shape index (κ3) is 3.64. The monoisotopic (exact) mass is 395 g/mol. The molecule has 0 unspecified atom stereocenters. The Bertz CT molecular complexity index is 1030. The molecule has 1 heterocycles. The molecule has 0 spiro atoms. The summed E-state index contributed by atoms with van der Waals surface area (Å²) in [4.78, 5) is 0.824. The van der Waals surface area contributed by atoms with Gasteiger partial charge in [0.1, 0.15) is 10.6 Å². The van der Waals surface area contributed by atoms with Crippen LogP contribution in [0.25, 0.3) is 16.9 Å². The number of halogens is 2. The highest BCUT2D eigenvalue weighted by Crippen LogP contribution is 2.31. The van der Waals surface area contributed by atoms with E-state index in [9.17, 15) is 17.2 Å². The van der Waals surface area contributed by atoms with Gasteiger partial charge in [0.25, 0.3) is 6.43 Å². The van der Waals surface area contributed by atoms with E-state index in [1.54, 1.807) is 30.0 Å². The number of hydrogen-bond donors (Lipinski definition) is 1. The SMILES string of the molecule is CSc1ccc(-c2cc(C(F)F)nn2-c2ccccc2S(N)(=O)=O)cc1. The smallest absolute Gasteiger partial charge is 0.231 e. The zero-order valence-corrected chi connectivity index (χ0v) is 15.3. The Morgan fingerprint density at radius 3 is 2.35 bits per heavy atom. The third-order valence-electron chi connectivity index (χ3n) is 3.74.